The third-order valence-corrected chi connectivity index (χ3v) is 4.49. The Morgan fingerprint density at radius 1 is 1.21 bits per heavy atom. The zero-order chi connectivity index (χ0) is 17.5. The SMILES string of the molecule is C=CCN([C@H](C(=O)NC)c1ccccc1Cl)[C@@H](C)c1ccccc1. The van der Waals surface area contributed by atoms with E-state index in [1.54, 1.807) is 7.05 Å². The highest BCUT2D eigenvalue weighted by Crippen LogP contribution is 2.34. The van der Waals surface area contributed by atoms with Crippen LogP contribution >= 0.6 is 11.6 Å². The number of carbonyl (C=O) groups is 1. The molecule has 0 aliphatic carbocycles. The molecule has 0 unspecified atom stereocenters. The minimum atomic E-state index is -0.489. The molecule has 0 radical (unpaired) electrons. The molecule has 2 atom stereocenters. The Morgan fingerprint density at radius 2 is 1.83 bits per heavy atom. The van der Waals surface area contributed by atoms with Gasteiger partial charge in [-0.3, -0.25) is 9.69 Å². The molecule has 0 aliphatic heterocycles. The molecule has 0 fully saturated rings. The molecule has 0 heterocycles. The number of rotatable bonds is 7. The number of benzene rings is 2. The highest BCUT2D eigenvalue weighted by Gasteiger charge is 2.31. The van der Waals surface area contributed by atoms with Gasteiger partial charge in [0.1, 0.15) is 6.04 Å². The van der Waals surface area contributed by atoms with Gasteiger partial charge in [0.25, 0.3) is 0 Å². The lowest BCUT2D eigenvalue weighted by atomic mass is 9.99. The molecule has 126 valence electrons. The number of hydrogen-bond acceptors (Lipinski definition) is 2. The molecule has 0 bridgehead atoms. The molecule has 24 heavy (non-hydrogen) atoms. The Hall–Kier alpha value is -2.10. The van der Waals surface area contributed by atoms with E-state index in [1.165, 1.54) is 0 Å². The van der Waals surface area contributed by atoms with Crippen molar-refractivity contribution >= 4 is 17.5 Å². The minimum Gasteiger partial charge on any atom is -0.358 e. The lowest BCUT2D eigenvalue weighted by Gasteiger charge is -2.35. The van der Waals surface area contributed by atoms with E-state index < -0.39 is 6.04 Å². The van der Waals surface area contributed by atoms with Crippen LogP contribution in [0, 0.1) is 0 Å². The molecule has 0 saturated carbocycles. The number of nitrogens with one attached hydrogen (secondary N) is 1. The first-order chi connectivity index (χ1) is 11.6. The third kappa shape index (κ3) is 4.05. The monoisotopic (exact) mass is 342 g/mol. The average Bonchev–Trinajstić information content (AvgIpc) is 2.62. The van der Waals surface area contributed by atoms with Crippen LogP contribution in [0.1, 0.15) is 30.1 Å². The van der Waals surface area contributed by atoms with Gasteiger partial charge in [0.05, 0.1) is 0 Å². The maximum atomic E-state index is 12.7. The Morgan fingerprint density at radius 3 is 2.42 bits per heavy atom. The summed E-state index contributed by atoms with van der Waals surface area (Å²) in [5.74, 6) is -0.0901. The van der Waals surface area contributed by atoms with Crippen molar-refractivity contribution in [1.82, 2.24) is 10.2 Å². The Bertz CT molecular complexity index is 687. The largest absolute Gasteiger partial charge is 0.358 e. The molecular formula is C20H23ClN2O. The van der Waals surface area contributed by atoms with E-state index in [2.05, 4.69) is 35.9 Å². The van der Waals surface area contributed by atoms with Crippen LogP contribution in [0.3, 0.4) is 0 Å². The van der Waals surface area contributed by atoms with Gasteiger partial charge in [-0.15, -0.1) is 6.58 Å². The van der Waals surface area contributed by atoms with E-state index in [1.807, 2.05) is 48.5 Å². The summed E-state index contributed by atoms with van der Waals surface area (Å²) < 4.78 is 0. The van der Waals surface area contributed by atoms with Gasteiger partial charge in [-0.25, -0.2) is 0 Å². The third-order valence-electron chi connectivity index (χ3n) is 4.15. The van der Waals surface area contributed by atoms with Gasteiger partial charge in [-0.2, -0.15) is 0 Å². The first-order valence-corrected chi connectivity index (χ1v) is 8.35. The van der Waals surface area contributed by atoms with Gasteiger partial charge < -0.3 is 5.32 Å². The standard InChI is InChI=1S/C20H23ClN2O/c1-4-14-23(15(2)16-10-6-5-7-11-16)19(20(24)22-3)17-12-8-9-13-18(17)21/h4-13,15,19H,1,14H2,2-3H3,(H,22,24)/t15-,19-/m0/s1. The molecule has 3 nitrogen and oxygen atoms in total. The number of hydrogen-bond donors (Lipinski definition) is 1. The van der Waals surface area contributed by atoms with Crippen molar-refractivity contribution in [2.75, 3.05) is 13.6 Å². The molecule has 2 rings (SSSR count). The molecule has 0 spiro atoms. The normalized spacial score (nSPS) is 13.3. The second kappa shape index (κ2) is 8.67. The summed E-state index contributed by atoms with van der Waals surface area (Å²) in [5.41, 5.74) is 1.93. The Kier molecular flexibility index (Phi) is 6.59. The van der Waals surface area contributed by atoms with Crippen LogP contribution in [0.5, 0.6) is 0 Å². The summed E-state index contributed by atoms with van der Waals surface area (Å²) in [4.78, 5) is 14.8. The minimum absolute atomic E-state index is 0.0303. The predicted molar refractivity (Wildman–Crippen MR) is 100 cm³/mol. The second-order valence-corrected chi connectivity index (χ2v) is 6.02. The average molecular weight is 343 g/mol. The van der Waals surface area contributed by atoms with Crippen LogP contribution in [-0.2, 0) is 4.79 Å². The van der Waals surface area contributed by atoms with Gasteiger partial charge in [-0.05, 0) is 24.1 Å². The summed E-state index contributed by atoms with van der Waals surface area (Å²) in [7, 11) is 1.64. The van der Waals surface area contributed by atoms with Crippen LogP contribution in [0.4, 0.5) is 0 Å². The van der Waals surface area contributed by atoms with Crippen molar-refractivity contribution in [3.05, 3.63) is 83.4 Å². The first kappa shape index (κ1) is 18.2. The summed E-state index contributed by atoms with van der Waals surface area (Å²) in [5, 5.41) is 3.35. The van der Waals surface area contributed by atoms with Crippen LogP contribution in [-0.4, -0.2) is 24.4 Å². The molecule has 2 aromatic rings. The maximum Gasteiger partial charge on any atom is 0.241 e. The maximum absolute atomic E-state index is 12.7. The fraction of sp³-hybridized carbons (Fsp3) is 0.250. The van der Waals surface area contributed by atoms with Crippen LogP contribution in [0.2, 0.25) is 5.02 Å². The Labute approximate surface area is 148 Å². The Balaban J connectivity index is 2.49. The molecule has 0 saturated heterocycles. The summed E-state index contributed by atoms with van der Waals surface area (Å²) >= 11 is 6.38. The molecule has 0 aliphatic rings. The second-order valence-electron chi connectivity index (χ2n) is 5.61. The fourth-order valence-electron chi connectivity index (χ4n) is 2.86. The fourth-order valence-corrected chi connectivity index (χ4v) is 3.10. The molecule has 2 aromatic carbocycles. The summed E-state index contributed by atoms with van der Waals surface area (Å²) in [6, 6.07) is 17.1. The van der Waals surface area contributed by atoms with Crippen molar-refractivity contribution in [3.63, 3.8) is 0 Å². The van der Waals surface area contributed by atoms with Crippen LogP contribution in [0.25, 0.3) is 0 Å². The van der Waals surface area contributed by atoms with Crippen molar-refractivity contribution in [3.8, 4) is 0 Å². The quantitative estimate of drug-likeness (QED) is 0.757. The highest BCUT2D eigenvalue weighted by molar-refractivity contribution is 6.31. The van der Waals surface area contributed by atoms with Gasteiger partial charge in [0, 0.05) is 24.7 Å². The summed E-state index contributed by atoms with van der Waals surface area (Å²) in [6.07, 6.45) is 1.81. The number of nitrogens with zero attached hydrogens (tertiary/aromatic N) is 1. The highest BCUT2D eigenvalue weighted by atomic mass is 35.5. The van der Waals surface area contributed by atoms with Crippen LogP contribution < -0.4 is 5.32 Å². The van der Waals surface area contributed by atoms with E-state index in [9.17, 15) is 4.79 Å². The van der Waals surface area contributed by atoms with E-state index in [0.717, 1.165) is 11.1 Å². The van der Waals surface area contributed by atoms with Crippen molar-refractivity contribution in [2.45, 2.75) is 19.0 Å². The lowest BCUT2D eigenvalue weighted by Crippen LogP contribution is -2.41. The number of likely N-dealkylation sites (N-methyl/N-ethyl adjacent to an activating group) is 1. The number of halogens is 1. The smallest absolute Gasteiger partial charge is 0.241 e. The molecule has 1 amide bonds. The molecular weight excluding hydrogens is 320 g/mol. The van der Waals surface area contributed by atoms with E-state index in [0.29, 0.717) is 11.6 Å². The summed E-state index contributed by atoms with van der Waals surface area (Å²) in [6.45, 7) is 6.51. The van der Waals surface area contributed by atoms with Crippen LogP contribution in [0.15, 0.2) is 67.3 Å². The van der Waals surface area contributed by atoms with Crippen molar-refractivity contribution in [2.24, 2.45) is 0 Å². The van der Waals surface area contributed by atoms with Gasteiger partial charge in [0.15, 0.2) is 0 Å². The molecule has 4 heteroatoms. The first-order valence-electron chi connectivity index (χ1n) is 7.97. The molecule has 1 N–H and O–H groups in total. The number of amides is 1. The van der Waals surface area contributed by atoms with Gasteiger partial charge in [0.2, 0.25) is 5.91 Å². The zero-order valence-corrected chi connectivity index (χ0v) is 14.8. The van der Waals surface area contributed by atoms with Crippen molar-refractivity contribution in [1.29, 1.82) is 0 Å². The van der Waals surface area contributed by atoms with E-state index >= 15 is 0 Å². The predicted octanol–water partition coefficient (Wildman–Crippen LogP) is 4.38. The molecule has 0 aromatic heterocycles. The van der Waals surface area contributed by atoms with E-state index in [4.69, 9.17) is 11.6 Å². The van der Waals surface area contributed by atoms with Gasteiger partial charge >= 0.3 is 0 Å². The van der Waals surface area contributed by atoms with Crippen molar-refractivity contribution < 1.29 is 4.79 Å². The number of carbonyl (C=O) groups excluding carboxylic acids is 1. The van der Waals surface area contributed by atoms with E-state index in [-0.39, 0.29) is 11.9 Å². The zero-order valence-electron chi connectivity index (χ0n) is 14.1. The van der Waals surface area contributed by atoms with Gasteiger partial charge in [-0.1, -0.05) is 66.2 Å². The topological polar surface area (TPSA) is 32.3 Å². The lowest BCUT2D eigenvalue weighted by molar-refractivity contribution is -0.126.